The summed E-state index contributed by atoms with van der Waals surface area (Å²) in [6, 6.07) is 5.19. The van der Waals surface area contributed by atoms with E-state index in [0.29, 0.717) is 24.3 Å². The van der Waals surface area contributed by atoms with Gasteiger partial charge in [0, 0.05) is 14.5 Å². The second-order valence-electron chi connectivity index (χ2n) is 5.68. The standard InChI is InChI=1S/C15H17Br2NO3/c1-9-2-4-15(5-3-9,14(20)21)18-13(19)10-6-11(16)8-12(17)7-10/h6-9H,2-5H2,1H3,(H,18,19)(H,20,21). The lowest BCUT2D eigenvalue weighted by molar-refractivity contribution is -0.146. The predicted molar refractivity (Wildman–Crippen MR) is 87.3 cm³/mol. The average Bonchev–Trinajstić information content (AvgIpc) is 2.40. The van der Waals surface area contributed by atoms with E-state index in [0.717, 1.165) is 21.8 Å². The Kier molecular flexibility index (Phi) is 5.09. The SMILES string of the molecule is CC1CCC(NC(=O)c2cc(Br)cc(Br)c2)(C(=O)O)CC1. The van der Waals surface area contributed by atoms with Crippen LogP contribution in [0.25, 0.3) is 0 Å². The van der Waals surface area contributed by atoms with Crippen LogP contribution in [0.15, 0.2) is 27.1 Å². The number of hydrogen-bond donors (Lipinski definition) is 2. The molecule has 1 aliphatic carbocycles. The van der Waals surface area contributed by atoms with Crippen LogP contribution in [0.3, 0.4) is 0 Å². The molecule has 114 valence electrons. The van der Waals surface area contributed by atoms with Crippen LogP contribution in [-0.4, -0.2) is 22.5 Å². The number of carbonyl (C=O) groups excluding carboxylic acids is 1. The lowest BCUT2D eigenvalue weighted by Crippen LogP contribution is -2.56. The maximum Gasteiger partial charge on any atom is 0.329 e. The zero-order valence-electron chi connectivity index (χ0n) is 11.7. The molecule has 6 heteroatoms. The van der Waals surface area contributed by atoms with E-state index < -0.39 is 11.5 Å². The van der Waals surface area contributed by atoms with Gasteiger partial charge < -0.3 is 10.4 Å². The number of aliphatic carboxylic acids is 1. The average molecular weight is 419 g/mol. The van der Waals surface area contributed by atoms with E-state index in [4.69, 9.17) is 0 Å². The van der Waals surface area contributed by atoms with Crippen LogP contribution in [-0.2, 0) is 4.79 Å². The lowest BCUT2D eigenvalue weighted by atomic mass is 9.77. The van der Waals surface area contributed by atoms with Gasteiger partial charge in [0.2, 0.25) is 0 Å². The summed E-state index contributed by atoms with van der Waals surface area (Å²) in [4.78, 5) is 24.0. The minimum Gasteiger partial charge on any atom is -0.480 e. The molecule has 1 amide bonds. The first-order chi connectivity index (χ1) is 9.82. The molecule has 1 fully saturated rings. The Morgan fingerprint density at radius 3 is 2.19 bits per heavy atom. The summed E-state index contributed by atoms with van der Waals surface area (Å²) < 4.78 is 1.53. The first kappa shape index (κ1) is 16.5. The molecule has 0 spiro atoms. The second-order valence-corrected chi connectivity index (χ2v) is 7.51. The number of halogens is 2. The van der Waals surface area contributed by atoms with Crippen molar-refractivity contribution in [1.29, 1.82) is 0 Å². The summed E-state index contributed by atoms with van der Waals surface area (Å²) in [5.41, 5.74) is -0.700. The van der Waals surface area contributed by atoms with Gasteiger partial charge in [0.25, 0.3) is 5.91 Å². The van der Waals surface area contributed by atoms with Crippen molar-refractivity contribution >= 4 is 43.7 Å². The molecule has 0 heterocycles. The third-order valence-corrected chi connectivity index (χ3v) is 4.93. The first-order valence-corrected chi connectivity index (χ1v) is 8.43. The van der Waals surface area contributed by atoms with Crippen molar-refractivity contribution in [2.45, 2.75) is 38.1 Å². The van der Waals surface area contributed by atoms with Gasteiger partial charge in [-0.3, -0.25) is 4.79 Å². The topological polar surface area (TPSA) is 66.4 Å². The Balaban J connectivity index is 2.21. The van der Waals surface area contributed by atoms with Crippen LogP contribution in [0.5, 0.6) is 0 Å². The highest BCUT2D eigenvalue weighted by molar-refractivity contribution is 9.11. The van der Waals surface area contributed by atoms with Crippen LogP contribution in [0.4, 0.5) is 0 Å². The highest BCUT2D eigenvalue weighted by Crippen LogP contribution is 2.32. The number of carbonyl (C=O) groups is 2. The van der Waals surface area contributed by atoms with Crippen molar-refractivity contribution in [1.82, 2.24) is 5.32 Å². The number of carboxylic acid groups (broad SMARTS) is 1. The number of rotatable bonds is 3. The number of nitrogens with one attached hydrogen (secondary N) is 1. The van der Waals surface area contributed by atoms with Crippen LogP contribution >= 0.6 is 31.9 Å². The molecule has 0 aromatic heterocycles. The highest BCUT2D eigenvalue weighted by atomic mass is 79.9. The summed E-state index contributed by atoms with van der Waals surface area (Å²) in [5.74, 6) is -0.792. The molecule has 0 unspecified atom stereocenters. The lowest BCUT2D eigenvalue weighted by Gasteiger charge is -2.36. The Bertz CT molecular complexity index is 546. The fourth-order valence-electron chi connectivity index (χ4n) is 2.62. The number of hydrogen-bond acceptors (Lipinski definition) is 2. The summed E-state index contributed by atoms with van der Waals surface area (Å²) in [5, 5.41) is 12.3. The van der Waals surface area contributed by atoms with E-state index in [9.17, 15) is 14.7 Å². The van der Waals surface area contributed by atoms with E-state index in [1.54, 1.807) is 12.1 Å². The molecule has 0 atom stereocenters. The molecular formula is C15H17Br2NO3. The Labute approximate surface area is 140 Å². The van der Waals surface area contributed by atoms with E-state index in [1.807, 2.05) is 6.07 Å². The maximum absolute atomic E-state index is 12.4. The van der Waals surface area contributed by atoms with Gasteiger partial charge >= 0.3 is 5.97 Å². The fourth-order valence-corrected chi connectivity index (χ4v) is 3.92. The van der Waals surface area contributed by atoms with Gasteiger partial charge in [-0.25, -0.2) is 4.79 Å². The Morgan fingerprint density at radius 1 is 1.19 bits per heavy atom. The predicted octanol–water partition coefficient (Wildman–Crippen LogP) is 3.97. The normalized spacial score (nSPS) is 25.4. The quantitative estimate of drug-likeness (QED) is 0.780. The van der Waals surface area contributed by atoms with Crippen molar-refractivity contribution < 1.29 is 14.7 Å². The molecule has 0 saturated heterocycles. The second kappa shape index (κ2) is 6.48. The molecule has 0 bridgehead atoms. The molecule has 1 aromatic rings. The van der Waals surface area contributed by atoms with Crippen LogP contribution in [0.2, 0.25) is 0 Å². The summed E-state index contributed by atoms with van der Waals surface area (Å²) in [6.07, 6.45) is 2.58. The third-order valence-electron chi connectivity index (χ3n) is 4.01. The third kappa shape index (κ3) is 3.86. The molecule has 2 N–H and O–H groups in total. The van der Waals surface area contributed by atoms with Crippen LogP contribution < -0.4 is 5.32 Å². The van der Waals surface area contributed by atoms with E-state index in [1.165, 1.54) is 0 Å². The maximum atomic E-state index is 12.4. The molecular weight excluding hydrogens is 402 g/mol. The molecule has 0 aliphatic heterocycles. The minimum absolute atomic E-state index is 0.353. The number of benzene rings is 1. The highest BCUT2D eigenvalue weighted by Gasteiger charge is 2.42. The zero-order chi connectivity index (χ0) is 15.6. The van der Waals surface area contributed by atoms with Crippen molar-refractivity contribution in [3.05, 3.63) is 32.7 Å². The summed E-state index contributed by atoms with van der Waals surface area (Å²) in [7, 11) is 0. The van der Waals surface area contributed by atoms with Gasteiger partial charge in [0.1, 0.15) is 5.54 Å². The molecule has 21 heavy (non-hydrogen) atoms. The zero-order valence-corrected chi connectivity index (χ0v) is 14.8. The van der Waals surface area contributed by atoms with Gasteiger partial charge in [-0.1, -0.05) is 38.8 Å². The van der Waals surface area contributed by atoms with Gasteiger partial charge in [-0.15, -0.1) is 0 Å². The molecule has 1 aliphatic rings. The fraction of sp³-hybridized carbons (Fsp3) is 0.467. The van der Waals surface area contributed by atoms with Crippen LogP contribution in [0.1, 0.15) is 43.0 Å². The minimum atomic E-state index is -1.14. The summed E-state index contributed by atoms with van der Waals surface area (Å²) in [6.45, 7) is 2.11. The van der Waals surface area contributed by atoms with Crippen molar-refractivity contribution in [2.24, 2.45) is 5.92 Å². The van der Waals surface area contributed by atoms with Crippen molar-refractivity contribution in [3.63, 3.8) is 0 Å². The molecule has 1 saturated carbocycles. The van der Waals surface area contributed by atoms with Gasteiger partial charge in [0.05, 0.1) is 0 Å². The Morgan fingerprint density at radius 2 is 1.71 bits per heavy atom. The summed E-state index contributed by atoms with van der Waals surface area (Å²) >= 11 is 6.66. The molecule has 1 aromatic carbocycles. The van der Waals surface area contributed by atoms with Gasteiger partial charge in [-0.2, -0.15) is 0 Å². The molecule has 0 radical (unpaired) electrons. The van der Waals surface area contributed by atoms with Crippen molar-refractivity contribution in [3.8, 4) is 0 Å². The van der Waals surface area contributed by atoms with E-state index in [2.05, 4.69) is 44.1 Å². The monoisotopic (exact) mass is 417 g/mol. The largest absolute Gasteiger partial charge is 0.480 e. The first-order valence-electron chi connectivity index (χ1n) is 6.84. The van der Waals surface area contributed by atoms with Gasteiger partial charge in [-0.05, 0) is 49.8 Å². The van der Waals surface area contributed by atoms with Crippen LogP contribution in [0, 0.1) is 5.92 Å². The number of amides is 1. The molecule has 2 rings (SSSR count). The van der Waals surface area contributed by atoms with E-state index in [-0.39, 0.29) is 5.91 Å². The van der Waals surface area contributed by atoms with E-state index >= 15 is 0 Å². The molecule has 4 nitrogen and oxygen atoms in total. The number of carboxylic acids is 1. The van der Waals surface area contributed by atoms with Crippen molar-refractivity contribution in [2.75, 3.05) is 0 Å². The Hall–Kier alpha value is -0.880. The smallest absolute Gasteiger partial charge is 0.329 e. The van der Waals surface area contributed by atoms with Gasteiger partial charge in [0.15, 0.2) is 0 Å².